The lowest BCUT2D eigenvalue weighted by molar-refractivity contribution is 0.233. The molecule has 1 aromatic carbocycles. The Kier molecular flexibility index (Phi) is 7.65. The largest absolute Gasteiger partial charge is 0.494 e. The fourth-order valence-electron chi connectivity index (χ4n) is 3.51. The predicted molar refractivity (Wildman–Crippen MR) is 121 cm³/mol. The molecule has 0 radical (unpaired) electrons. The molecule has 1 saturated heterocycles. The summed E-state index contributed by atoms with van der Waals surface area (Å²) < 4.78 is 44.3. The van der Waals surface area contributed by atoms with Crippen LogP contribution in [0.5, 0.6) is 17.2 Å². The van der Waals surface area contributed by atoms with E-state index in [0.29, 0.717) is 11.8 Å². The van der Waals surface area contributed by atoms with Crippen molar-refractivity contribution in [1.29, 1.82) is 0 Å². The molecule has 11 heteroatoms. The molecule has 180 valence electrons. The van der Waals surface area contributed by atoms with Gasteiger partial charge in [0, 0.05) is 45.0 Å². The normalized spacial score (nSPS) is 14.0. The Hall–Kier alpha value is -3.57. The van der Waals surface area contributed by atoms with Crippen LogP contribution < -0.4 is 24.8 Å². The summed E-state index contributed by atoms with van der Waals surface area (Å²) in [5.41, 5.74) is 0.814. The second kappa shape index (κ2) is 11.0. The van der Waals surface area contributed by atoms with Gasteiger partial charge in [0.05, 0.1) is 32.2 Å². The highest BCUT2D eigenvalue weighted by molar-refractivity contribution is 5.48. The average Bonchev–Trinajstić information content (AvgIpc) is 2.87. The molecule has 0 spiro atoms. The summed E-state index contributed by atoms with van der Waals surface area (Å²) in [4.78, 5) is 15.1. The minimum atomic E-state index is -0.855. The average molecular weight is 472 g/mol. The third-order valence-electron chi connectivity index (χ3n) is 5.36. The molecule has 3 heterocycles. The van der Waals surface area contributed by atoms with E-state index in [0.717, 1.165) is 44.4 Å². The first-order valence-electron chi connectivity index (χ1n) is 10.8. The Labute approximate surface area is 196 Å². The lowest BCUT2D eigenvalue weighted by atomic mass is 10.1. The second-order valence-electron chi connectivity index (χ2n) is 7.62. The van der Waals surface area contributed by atoms with E-state index in [-0.39, 0.29) is 22.8 Å². The summed E-state index contributed by atoms with van der Waals surface area (Å²) in [6.07, 6.45) is 4.63. The highest BCUT2D eigenvalue weighted by Crippen LogP contribution is 2.32. The Bertz CT molecular complexity index is 1070. The number of nitrogens with zero attached hydrogens (tertiary/aromatic N) is 4. The van der Waals surface area contributed by atoms with Crippen LogP contribution in [0.4, 0.5) is 20.5 Å². The van der Waals surface area contributed by atoms with Crippen molar-refractivity contribution in [2.75, 3.05) is 45.7 Å². The predicted octanol–water partition coefficient (Wildman–Crippen LogP) is 2.89. The number of hydrogen-bond donors (Lipinski definition) is 2. The van der Waals surface area contributed by atoms with Crippen molar-refractivity contribution in [1.82, 2.24) is 25.2 Å². The number of piperazine rings is 1. The first kappa shape index (κ1) is 23.6. The van der Waals surface area contributed by atoms with Crippen LogP contribution in [-0.4, -0.2) is 60.3 Å². The molecular weight excluding hydrogens is 446 g/mol. The Morgan fingerprint density at radius 3 is 2.24 bits per heavy atom. The molecule has 1 aliphatic heterocycles. The number of benzene rings is 1. The van der Waals surface area contributed by atoms with Crippen molar-refractivity contribution >= 4 is 11.8 Å². The van der Waals surface area contributed by atoms with Crippen LogP contribution in [0, 0.1) is 11.6 Å². The van der Waals surface area contributed by atoms with Crippen molar-refractivity contribution in [2.24, 2.45) is 0 Å². The van der Waals surface area contributed by atoms with E-state index in [1.54, 1.807) is 0 Å². The molecule has 0 amide bonds. The van der Waals surface area contributed by atoms with Gasteiger partial charge < -0.3 is 24.8 Å². The number of ether oxygens (including phenoxy) is 3. The van der Waals surface area contributed by atoms with Gasteiger partial charge in [-0.2, -0.15) is 0 Å². The molecule has 3 aromatic rings. The van der Waals surface area contributed by atoms with E-state index < -0.39 is 18.2 Å². The lowest BCUT2D eigenvalue weighted by Crippen LogP contribution is -2.42. The smallest absolute Gasteiger partial charge is 0.228 e. The molecule has 4 rings (SSSR count). The van der Waals surface area contributed by atoms with E-state index >= 15 is 0 Å². The third kappa shape index (κ3) is 5.67. The monoisotopic (exact) mass is 472 g/mol. The van der Waals surface area contributed by atoms with Crippen LogP contribution >= 0.6 is 0 Å². The standard InChI is InChI=1S/C23H26F2N6O3/c1-32-18-9-19(33-2)22(25)17(21(18)24)14-34-16-11-28-23(29-12-16)30-20-4-3-15(10-27-20)13-31-7-5-26-6-8-31/h3-4,9-12,26H,5-8,13-14H2,1-2H3,(H,27,28,29,30). The summed E-state index contributed by atoms with van der Waals surface area (Å²) >= 11 is 0. The maximum absolute atomic E-state index is 14.5. The van der Waals surface area contributed by atoms with Gasteiger partial charge in [-0.3, -0.25) is 4.90 Å². The molecule has 9 nitrogen and oxygen atoms in total. The van der Waals surface area contributed by atoms with Gasteiger partial charge in [-0.1, -0.05) is 6.07 Å². The molecule has 1 fully saturated rings. The minimum Gasteiger partial charge on any atom is -0.494 e. The fourth-order valence-corrected chi connectivity index (χ4v) is 3.51. The summed E-state index contributed by atoms with van der Waals surface area (Å²) in [7, 11) is 2.57. The van der Waals surface area contributed by atoms with Crippen molar-refractivity contribution in [3.63, 3.8) is 0 Å². The number of rotatable bonds is 9. The highest BCUT2D eigenvalue weighted by Gasteiger charge is 2.20. The van der Waals surface area contributed by atoms with Gasteiger partial charge in [0.2, 0.25) is 5.95 Å². The zero-order valence-corrected chi connectivity index (χ0v) is 19.0. The van der Waals surface area contributed by atoms with Gasteiger partial charge in [0.25, 0.3) is 0 Å². The Balaban J connectivity index is 1.35. The summed E-state index contributed by atoms with van der Waals surface area (Å²) in [6, 6.07) is 5.02. The molecule has 0 bridgehead atoms. The van der Waals surface area contributed by atoms with Crippen LogP contribution in [0.2, 0.25) is 0 Å². The van der Waals surface area contributed by atoms with Gasteiger partial charge in [-0.25, -0.2) is 23.7 Å². The van der Waals surface area contributed by atoms with Gasteiger partial charge in [-0.05, 0) is 11.6 Å². The van der Waals surface area contributed by atoms with Crippen molar-refractivity contribution < 1.29 is 23.0 Å². The number of hydrogen-bond acceptors (Lipinski definition) is 9. The summed E-state index contributed by atoms with van der Waals surface area (Å²) in [5, 5.41) is 6.36. The Morgan fingerprint density at radius 2 is 1.65 bits per heavy atom. The van der Waals surface area contributed by atoms with Crippen molar-refractivity contribution in [3.8, 4) is 17.2 Å². The van der Waals surface area contributed by atoms with Gasteiger partial charge in [-0.15, -0.1) is 0 Å². The lowest BCUT2D eigenvalue weighted by Gasteiger charge is -2.27. The zero-order chi connectivity index (χ0) is 23.9. The molecule has 0 atom stereocenters. The third-order valence-corrected chi connectivity index (χ3v) is 5.36. The number of pyridine rings is 1. The number of aromatic nitrogens is 3. The fraction of sp³-hybridized carbons (Fsp3) is 0.348. The van der Waals surface area contributed by atoms with Crippen LogP contribution in [-0.2, 0) is 13.2 Å². The number of nitrogens with one attached hydrogen (secondary N) is 2. The van der Waals surface area contributed by atoms with Crippen LogP contribution in [0.1, 0.15) is 11.1 Å². The van der Waals surface area contributed by atoms with Gasteiger partial charge in [0.1, 0.15) is 12.4 Å². The van der Waals surface area contributed by atoms with Crippen molar-refractivity contribution in [3.05, 3.63) is 59.6 Å². The second-order valence-corrected chi connectivity index (χ2v) is 7.62. The molecule has 34 heavy (non-hydrogen) atoms. The van der Waals surface area contributed by atoms with E-state index in [1.807, 2.05) is 18.3 Å². The summed E-state index contributed by atoms with van der Waals surface area (Å²) in [6.45, 7) is 4.51. The van der Waals surface area contributed by atoms with Gasteiger partial charge in [0.15, 0.2) is 28.9 Å². The van der Waals surface area contributed by atoms with Crippen LogP contribution in [0.25, 0.3) is 0 Å². The topological polar surface area (TPSA) is 93.7 Å². The SMILES string of the molecule is COc1cc(OC)c(F)c(COc2cnc(Nc3ccc(CN4CCNCC4)cn3)nc2)c1F. The maximum Gasteiger partial charge on any atom is 0.228 e. The molecule has 0 aliphatic carbocycles. The van der Waals surface area contributed by atoms with E-state index in [4.69, 9.17) is 14.2 Å². The number of methoxy groups -OCH3 is 2. The van der Waals surface area contributed by atoms with E-state index in [2.05, 4.69) is 30.5 Å². The molecule has 2 N–H and O–H groups in total. The molecular formula is C23H26F2N6O3. The molecule has 0 unspecified atom stereocenters. The molecule has 1 aliphatic rings. The molecule has 0 saturated carbocycles. The number of anilines is 2. The van der Waals surface area contributed by atoms with Crippen molar-refractivity contribution in [2.45, 2.75) is 13.2 Å². The molecule has 2 aromatic heterocycles. The van der Waals surface area contributed by atoms with E-state index in [9.17, 15) is 8.78 Å². The maximum atomic E-state index is 14.5. The summed E-state index contributed by atoms with van der Waals surface area (Å²) in [5.74, 6) is -0.831. The number of halogens is 2. The zero-order valence-electron chi connectivity index (χ0n) is 19.0. The van der Waals surface area contributed by atoms with E-state index in [1.165, 1.54) is 26.6 Å². The van der Waals surface area contributed by atoms with Crippen LogP contribution in [0.3, 0.4) is 0 Å². The van der Waals surface area contributed by atoms with Crippen LogP contribution in [0.15, 0.2) is 36.8 Å². The first-order valence-corrected chi connectivity index (χ1v) is 10.8. The first-order chi connectivity index (χ1) is 16.6. The minimum absolute atomic E-state index is 0.140. The Morgan fingerprint density at radius 1 is 0.971 bits per heavy atom. The quantitative estimate of drug-likeness (QED) is 0.488. The van der Waals surface area contributed by atoms with Gasteiger partial charge >= 0.3 is 0 Å². The highest BCUT2D eigenvalue weighted by atomic mass is 19.1.